The third-order valence-electron chi connectivity index (χ3n) is 3.74. The van der Waals surface area contributed by atoms with Gasteiger partial charge in [0.15, 0.2) is 0 Å². The van der Waals surface area contributed by atoms with Gasteiger partial charge in [-0.2, -0.15) is 0 Å². The third kappa shape index (κ3) is 4.46. The van der Waals surface area contributed by atoms with Crippen LogP contribution in [-0.2, 0) is 11.2 Å². The number of hydrogen-bond donors (Lipinski definition) is 1. The largest absolute Gasteiger partial charge is 0.465 e. The molecular formula is C21H19NO2. The Hall–Kier alpha value is -3.07. The molecule has 0 bridgehead atoms. The monoisotopic (exact) mass is 317 g/mol. The number of amides is 1. The van der Waals surface area contributed by atoms with E-state index in [1.165, 1.54) is 11.6 Å². The summed E-state index contributed by atoms with van der Waals surface area (Å²) in [5.74, 6) is 0.514. The highest BCUT2D eigenvalue weighted by Crippen LogP contribution is 2.18. The van der Waals surface area contributed by atoms with Crippen LogP contribution in [0, 0.1) is 0 Å². The SMILES string of the molecule is O=C(C=Cc1ccco1)NC(Cc1ccccc1)c1ccccc1. The second-order valence-electron chi connectivity index (χ2n) is 5.51. The third-order valence-corrected chi connectivity index (χ3v) is 3.74. The molecule has 3 aromatic rings. The van der Waals surface area contributed by atoms with Crippen LogP contribution in [0.25, 0.3) is 6.08 Å². The molecule has 1 atom stereocenters. The number of rotatable bonds is 6. The van der Waals surface area contributed by atoms with E-state index in [0.717, 1.165) is 12.0 Å². The number of hydrogen-bond acceptors (Lipinski definition) is 2. The van der Waals surface area contributed by atoms with E-state index in [4.69, 9.17) is 4.42 Å². The van der Waals surface area contributed by atoms with Gasteiger partial charge >= 0.3 is 0 Å². The van der Waals surface area contributed by atoms with E-state index in [1.807, 2.05) is 54.6 Å². The van der Waals surface area contributed by atoms with Crippen LogP contribution in [0.3, 0.4) is 0 Å². The minimum atomic E-state index is -0.142. The Morgan fingerprint density at radius 2 is 1.67 bits per heavy atom. The molecule has 1 aromatic heterocycles. The summed E-state index contributed by atoms with van der Waals surface area (Å²) in [5.41, 5.74) is 2.27. The molecule has 0 aliphatic carbocycles. The molecule has 0 saturated heterocycles. The predicted molar refractivity (Wildman–Crippen MR) is 95.2 cm³/mol. The van der Waals surface area contributed by atoms with Gasteiger partial charge in [-0.3, -0.25) is 4.79 Å². The lowest BCUT2D eigenvalue weighted by atomic mass is 9.99. The molecule has 1 heterocycles. The first-order valence-corrected chi connectivity index (χ1v) is 7.92. The van der Waals surface area contributed by atoms with Gasteiger partial charge in [0.1, 0.15) is 5.76 Å². The molecule has 0 radical (unpaired) electrons. The van der Waals surface area contributed by atoms with Gasteiger partial charge in [-0.25, -0.2) is 0 Å². The summed E-state index contributed by atoms with van der Waals surface area (Å²) < 4.78 is 5.20. The van der Waals surface area contributed by atoms with Crippen LogP contribution >= 0.6 is 0 Å². The van der Waals surface area contributed by atoms with E-state index < -0.39 is 0 Å². The Kier molecular flexibility index (Phi) is 5.25. The second kappa shape index (κ2) is 7.97. The molecule has 3 rings (SSSR count). The highest BCUT2D eigenvalue weighted by atomic mass is 16.3. The summed E-state index contributed by atoms with van der Waals surface area (Å²) in [6.45, 7) is 0. The maximum Gasteiger partial charge on any atom is 0.244 e. The van der Waals surface area contributed by atoms with Crippen molar-refractivity contribution in [2.75, 3.05) is 0 Å². The molecule has 0 aliphatic rings. The average Bonchev–Trinajstić information content (AvgIpc) is 3.15. The second-order valence-corrected chi connectivity index (χ2v) is 5.51. The van der Waals surface area contributed by atoms with Gasteiger partial charge in [0, 0.05) is 6.08 Å². The van der Waals surface area contributed by atoms with Crippen molar-refractivity contribution in [1.82, 2.24) is 5.32 Å². The van der Waals surface area contributed by atoms with E-state index in [1.54, 1.807) is 18.4 Å². The normalized spacial score (nSPS) is 12.2. The quantitative estimate of drug-likeness (QED) is 0.685. The predicted octanol–water partition coefficient (Wildman–Crippen LogP) is 4.39. The van der Waals surface area contributed by atoms with Crippen molar-refractivity contribution in [3.05, 3.63) is 102 Å². The smallest absolute Gasteiger partial charge is 0.244 e. The Morgan fingerprint density at radius 3 is 2.33 bits per heavy atom. The highest BCUT2D eigenvalue weighted by Gasteiger charge is 2.13. The Balaban J connectivity index is 1.73. The lowest BCUT2D eigenvalue weighted by molar-refractivity contribution is -0.117. The number of carbonyl (C=O) groups is 1. The summed E-state index contributed by atoms with van der Waals surface area (Å²) in [6, 6.07) is 23.7. The standard InChI is InChI=1S/C21H19NO2/c23-21(14-13-19-12-7-15-24-19)22-20(18-10-5-2-6-11-18)16-17-8-3-1-4-9-17/h1-15,20H,16H2,(H,22,23). The van der Waals surface area contributed by atoms with E-state index in [9.17, 15) is 4.79 Å². The van der Waals surface area contributed by atoms with Crippen LogP contribution in [0.2, 0.25) is 0 Å². The van der Waals surface area contributed by atoms with E-state index >= 15 is 0 Å². The first-order valence-electron chi connectivity index (χ1n) is 7.92. The molecule has 24 heavy (non-hydrogen) atoms. The first kappa shape index (κ1) is 15.8. The molecule has 3 nitrogen and oxygen atoms in total. The Bertz CT molecular complexity index is 777. The van der Waals surface area contributed by atoms with Crippen LogP contribution < -0.4 is 5.32 Å². The lowest BCUT2D eigenvalue weighted by Crippen LogP contribution is -2.28. The topological polar surface area (TPSA) is 42.2 Å². The zero-order chi connectivity index (χ0) is 16.6. The zero-order valence-corrected chi connectivity index (χ0v) is 13.3. The molecule has 2 aromatic carbocycles. The van der Waals surface area contributed by atoms with Gasteiger partial charge < -0.3 is 9.73 Å². The fraction of sp³-hybridized carbons (Fsp3) is 0.0952. The van der Waals surface area contributed by atoms with Crippen molar-refractivity contribution >= 4 is 12.0 Å². The fourth-order valence-corrected chi connectivity index (χ4v) is 2.55. The average molecular weight is 317 g/mol. The molecule has 1 N–H and O–H groups in total. The number of furan rings is 1. The molecule has 120 valence electrons. The number of carbonyl (C=O) groups excluding carboxylic acids is 1. The van der Waals surface area contributed by atoms with Gasteiger partial charge in [0.25, 0.3) is 0 Å². The Morgan fingerprint density at radius 1 is 0.958 bits per heavy atom. The van der Waals surface area contributed by atoms with Crippen LogP contribution in [0.15, 0.2) is 89.6 Å². The van der Waals surface area contributed by atoms with Crippen LogP contribution in [0.1, 0.15) is 22.9 Å². The lowest BCUT2D eigenvalue weighted by Gasteiger charge is -2.18. The summed E-state index contributed by atoms with van der Waals surface area (Å²) in [6.07, 6.45) is 5.49. The maximum atomic E-state index is 12.3. The fourth-order valence-electron chi connectivity index (χ4n) is 2.55. The summed E-state index contributed by atoms with van der Waals surface area (Å²) in [7, 11) is 0. The molecule has 0 spiro atoms. The molecule has 3 heteroatoms. The van der Waals surface area contributed by atoms with Gasteiger partial charge in [-0.15, -0.1) is 0 Å². The van der Waals surface area contributed by atoms with E-state index in [0.29, 0.717) is 5.76 Å². The maximum absolute atomic E-state index is 12.3. The van der Waals surface area contributed by atoms with Gasteiger partial charge in [-0.05, 0) is 35.8 Å². The van der Waals surface area contributed by atoms with E-state index in [-0.39, 0.29) is 11.9 Å². The van der Waals surface area contributed by atoms with Crippen molar-refractivity contribution in [3.63, 3.8) is 0 Å². The zero-order valence-electron chi connectivity index (χ0n) is 13.3. The minimum absolute atomic E-state index is 0.0812. The highest BCUT2D eigenvalue weighted by molar-refractivity contribution is 5.91. The van der Waals surface area contributed by atoms with Crippen molar-refractivity contribution < 1.29 is 9.21 Å². The van der Waals surface area contributed by atoms with Crippen molar-refractivity contribution in [2.24, 2.45) is 0 Å². The van der Waals surface area contributed by atoms with Gasteiger partial charge in [0.05, 0.1) is 12.3 Å². The van der Waals surface area contributed by atoms with Crippen molar-refractivity contribution in [2.45, 2.75) is 12.5 Å². The van der Waals surface area contributed by atoms with Crippen molar-refractivity contribution in [1.29, 1.82) is 0 Å². The molecule has 1 unspecified atom stereocenters. The molecule has 0 aliphatic heterocycles. The van der Waals surface area contributed by atoms with Crippen LogP contribution in [-0.4, -0.2) is 5.91 Å². The summed E-state index contributed by atoms with van der Waals surface area (Å²) in [4.78, 5) is 12.3. The van der Waals surface area contributed by atoms with Crippen molar-refractivity contribution in [3.8, 4) is 0 Å². The number of benzene rings is 2. The molecule has 0 fully saturated rings. The Labute approximate surface area is 141 Å². The van der Waals surface area contributed by atoms with Crippen LogP contribution in [0.4, 0.5) is 0 Å². The molecule has 1 amide bonds. The minimum Gasteiger partial charge on any atom is -0.465 e. The van der Waals surface area contributed by atoms with E-state index in [2.05, 4.69) is 17.4 Å². The number of nitrogens with one attached hydrogen (secondary N) is 1. The van der Waals surface area contributed by atoms with Gasteiger partial charge in [0.2, 0.25) is 5.91 Å². The summed E-state index contributed by atoms with van der Waals surface area (Å²) in [5, 5.41) is 3.08. The summed E-state index contributed by atoms with van der Waals surface area (Å²) >= 11 is 0. The molecular weight excluding hydrogens is 298 g/mol. The first-order chi connectivity index (χ1) is 11.8. The van der Waals surface area contributed by atoms with Crippen LogP contribution in [0.5, 0.6) is 0 Å². The van der Waals surface area contributed by atoms with Gasteiger partial charge in [-0.1, -0.05) is 60.7 Å². The molecule has 0 saturated carbocycles.